The summed E-state index contributed by atoms with van der Waals surface area (Å²) in [7, 11) is 0. The molecule has 1 aliphatic carbocycles. The number of nitrogens with zero attached hydrogens (tertiary/aromatic N) is 1. The summed E-state index contributed by atoms with van der Waals surface area (Å²) >= 11 is 0. The van der Waals surface area contributed by atoms with Gasteiger partial charge in [0.1, 0.15) is 0 Å². The molecule has 6 nitrogen and oxygen atoms in total. The van der Waals surface area contributed by atoms with Gasteiger partial charge in [0.25, 0.3) is 0 Å². The molecule has 116 valence electrons. The molecule has 0 saturated heterocycles. The van der Waals surface area contributed by atoms with E-state index in [9.17, 15) is 9.59 Å². The van der Waals surface area contributed by atoms with Crippen LogP contribution in [0.15, 0.2) is 33.6 Å². The van der Waals surface area contributed by atoms with E-state index in [-0.39, 0.29) is 11.8 Å². The number of aryl methyl sites for hydroxylation is 2. The summed E-state index contributed by atoms with van der Waals surface area (Å²) in [4.78, 5) is 25.5. The lowest BCUT2D eigenvalue weighted by Crippen LogP contribution is -2.32. The molecule has 22 heavy (non-hydrogen) atoms. The highest BCUT2D eigenvalue weighted by Gasteiger charge is 2.21. The van der Waals surface area contributed by atoms with Gasteiger partial charge in [-0.05, 0) is 36.8 Å². The van der Waals surface area contributed by atoms with Gasteiger partial charge in [0.2, 0.25) is 5.91 Å². The molecule has 0 saturated carbocycles. The summed E-state index contributed by atoms with van der Waals surface area (Å²) in [6, 6.07) is 8.41. The number of benzene rings is 1. The average molecular weight is 301 g/mol. The second-order valence-corrected chi connectivity index (χ2v) is 5.63. The number of hydrogen-bond donors (Lipinski definition) is 2. The lowest BCUT2D eigenvalue weighted by molar-refractivity contribution is -0.125. The van der Waals surface area contributed by atoms with Crippen LogP contribution in [0, 0.1) is 5.92 Å². The third-order valence-corrected chi connectivity index (χ3v) is 4.16. The maximum Gasteiger partial charge on any atom is 0.438 e. The Kier molecular flexibility index (Phi) is 4.37. The Hall–Kier alpha value is -2.37. The second kappa shape index (κ2) is 6.60. The predicted molar refractivity (Wildman–Crippen MR) is 80.4 cm³/mol. The molecule has 0 unspecified atom stereocenters. The standard InChI is InChI=1S/C16H19N3O3/c20-15(17-10-9-14-18-16(21)22-19-14)13-7-5-11-3-1-2-4-12(11)6-8-13/h1-4,13H,5-10H2,(H,17,20)(H,18,19,21). The molecule has 0 aliphatic heterocycles. The van der Waals surface area contributed by atoms with Crippen LogP contribution in [0.5, 0.6) is 0 Å². The molecule has 0 fully saturated rings. The van der Waals surface area contributed by atoms with Gasteiger partial charge < -0.3 is 5.32 Å². The SMILES string of the molecule is O=C(NCCc1noc(=O)[nH]1)C1CCc2ccccc2CC1. The second-order valence-electron chi connectivity index (χ2n) is 5.63. The van der Waals surface area contributed by atoms with E-state index in [0.717, 1.165) is 25.7 Å². The van der Waals surface area contributed by atoms with Gasteiger partial charge >= 0.3 is 5.76 Å². The molecule has 0 atom stereocenters. The molecule has 2 aromatic rings. The first-order valence-electron chi connectivity index (χ1n) is 7.62. The number of carbonyl (C=O) groups excluding carboxylic acids is 1. The van der Waals surface area contributed by atoms with Crippen molar-refractivity contribution in [1.82, 2.24) is 15.5 Å². The van der Waals surface area contributed by atoms with E-state index >= 15 is 0 Å². The summed E-state index contributed by atoms with van der Waals surface area (Å²) in [6.07, 6.45) is 4.12. The third kappa shape index (κ3) is 3.44. The minimum atomic E-state index is -0.567. The highest BCUT2D eigenvalue weighted by molar-refractivity contribution is 5.78. The molecule has 1 aliphatic rings. The Balaban J connectivity index is 1.50. The Morgan fingerprint density at radius 2 is 1.95 bits per heavy atom. The highest BCUT2D eigenvalue weighted by atomic mass is 16.5. The molecule has 0 spiro atoms. The van der Waals surface area contributed by atoms with Crippen molar-refractivity contribution in [3.8, 4) is 0 Å². The largest absolute Gasteiger partial charge is 0.438 e. The van der Waals surface area contributed by atoms with Gasteiger partial charge in [0, 0.05) is 18.9 Å². The molecular formula is C16H19N3O3. The molecule has 1 aromatic heterocycles. The number of hydrogen-bond acceptors (Lipinski definition) is 4. The topological polar surface area (TPSA) is 88.0 Å². The lowest BCUT2D eigenvalue weighted by Gasteiger charge is -2.13. The van der Waals surface area contributed by atoms with Crippen molar-refractivity contribution >= 4 is 5.91 Å². The molecule has 2 N–H and O–H groups in total. The zero-order valence-electron chi connectivity index (χ0n) is 12.3. The molecular weight excluding hydrogens is 282 g/mol. The van der Waals surface area contributed by atoms with Crippen LogP contribution in [0.2, 0.25) is 0 Å². The van der Waals surface area contributed by atoms with Crippen molar-refractivity contribution in [2.45, 2.75) is 32.1 Å². The molecule has 6 heteroatoms. The molecule has 1 amide bonds. The first-order chi connectivity index (χ1) is 10.7. The minimum Gasteiger partial charge on any atom is -0.355 e. The van der Waals surface area contributed by atoms with Gasteiger partial charge in [-0.15, -0.1) is 0 Å². The summed E-state index contributed by atoms with van der Waals surface area (Å²) < 4.78 is 4.42. The smallest absolute Gasteiger partial charge is 0.355 e. The molecule has 1 aromatic carbocycles. The number of amides is 1. The Bertz CT molecular complexity index is 677. The van der Waals surface area contributed by atoms with E-state index in [1.165, 1.54) is 11.1 Å². The summed E-state index contributed by atoms with van der Waals surface area (Å²) in [5.74, 6) is 0.0174. The number of nitrogens with one attached hydrogen (secondary N) is 2. The third-order valence-electron chi connectivity index (χ3n) is 4.16. The van der Waals surface area contributed by atoms with E-state index in [0.29, 0.717) is 18.8 Å². The van der Waals surface area contributed by atoms with Crippen molar-refractivity contribution in [1.29, 1.82) is 0 Å². The van der Waals surface area contributed by atoms with Gasteiger partial charge in [0.05, 0.1) is 0 Å². The number of fused-ring (bicyclic) bond motifs is 1. The van der Waals surface area contributed by atoms with E-state index in [4.69, 9.17) is 0 Å². The fourth-order valence-electron chi connectivity index (χ4n) is 2.93. The zero-order valence-corrected chi connectivity index (χ0v) is 12.3. The number of rotatable bonds is 4. The van der Waals surface area contributed by atoms with Crippen LogP contribution in [0.1, 0.15) is 29.8 Å². The molecule has 0 radical (unpaired) electrons. The summed E-state index contributed by atoms with van der Waals surface area (Å²) in [6.45, 7) is 0.449. The van der Waals surface area contributed by atoms with Crippen molar-refractivity contribution in [2.75, 3.05) is 6.54 Å². The van der Waals surface area contributed by atoms with E-state index in [1.807, 2.05) is 0 Å². The highest BCUT2D eigenvalue weighted by Crippen LogP contribution is 2.24. The van der Waals surface area contributed by atoms with Crippen LogP contribution in [0.3, 0.4) is 0 Å². The first kappa shape index (κ1) is 14.6. The normalized spacial score (nSPS) is 15.1. The lowest BCUT2D eigenvalue weighted by atomic mass is 9.98. The van der Waals surface area contributed by atoms with E-state index < -0.39 is 5.76 Å². The van der Waals surface area contributed by atoms with Crippen molar-refractivity contribution < 1.29 is 9.32 Å². The summed E-state index contributed by atoms with van der Waals surface area (Å²) in [5.41, 5.74) is 2.72. The summed E-state index contributed by atoms with van der Waals surface area (Å²) in [5, 5.41) is 6.49. The maximum absolute atomic E-state index is 12.3. The molecule has 0 bridgehead atoms. The quantitative estimate of drug-likeness (QED) is 0.831. The predicted octanol–water partition coefficient (Wildman–Crippen LogP) is 1.22. The zero-order chi connectivity index (χ0) is 15.4. The first-order valence-corrected chi connectivity index (χ1v) is 7.62. The Morgan fingerprint density at radius 3 is 2.55 bits per heavy atom. The monoisotopic (exact) mass is 301 g/mol. The number of carbonyl (C=O) groups is 1. The van der Waals surface area contributed by atoms with Crippen LogP contribution in [-0.2, 0) is 24.1 Å². The Morgan fingerprint density at radius 1 is 1.27 bits per heavy atom. The van der Waals surface area contributed by atoms with Crippen LogP contribution in [-0.4, -0.2) is 22.6 Å². The van der Waals surface area contributed by atoms with Gasteiger partial charge in [-0.3, -0.25) is 14.3 Å². The van der Waals surface area contributed by atoms with Gasteiger partial charge in [0.15, 0.2) is 5.82 Å². The van der Waals surface area contributed by atoms with Crippen LogP contribution < -0.4 is 11.1 Å². The average Bonchev–Trinajstić information content (AvgIpc) is 2.82. The maximum atomic E-state index is 12.3. The van der Waals surface area contributed by atoms with Crippen molar-refractivity contribution in [3.63, 3.8) is 0 Å². The van der Waals surface area contributed by atoms with Crippen molar-refractivity contribution in [2.24, 2.45) is 5.92 Å². The number of aromatic nitrogens is 2. The Labute approximate surface area is 127 Å². The van der Waals surface area contributed by atoms with Crippen molar-refractivity contribution in [3.05, 3.63) is 51.8 Å². The number of H-pyrrole nitrogens is 1. The van der Waals surface area contributed by atoms with Crippen LogP contribution in [0.4, 0.5) is 0 Å². The number of aromatic amines is 1. The van der Waals surface area contributed by atoms with E-state index in [2.05, 4.69) is 44.2 Å². The van der Waals surface area contributed by atoms with Gasteiger partial charge in [-0.25, -0.2) is 4.79 Å². The van der Waals surface area contributed by atoms with Crippen LogP contribution >= 0.6 is 0 Å². The molecule has 1 heterocycles. The molecule has 3 rings (SSSR count). The van der Waals surface area contributed by atoms with Gasteiger partial charge in [-0.2, -0.15) is 0 Å². The van der Waals surface area contributed by atoms with Gasteiger partial charge in [-0.1, -0.05) is 29.4 Å². The van der Waals surface area contributed by atoms with E-state index in [1.54, 1.807) is 0 Å². The fraction of sp³-hybridized carbons (Fsp3) is 0.438. The fourth-order valence-corrected chi connectivity index (χ4v) is 2.93. The van der Waals surface area contributed by atoms with Crippen LogP contribution in [0.25, 0.3) is 0 Å². The minimum absolute atomic E-state index is 0.0451.